The molecule has 6 rings (SSSR count). The van der Waals surface area contributed by atoms with Crippen molar-refractivity contribution in [1.29, 1.82) is 0 Å². The number of amides is 1. The number of carbonyl (C=O) groups is 1. The van der Waals surface area contributed by atoms with E-state index in [4.69, 9.17) is 9.40 Å². The predicted molar refractivity (Wildman–Crippen MR) is 101 cm³/mol. The van der Waals surface area contributed by atoms with E-state index in [9.17, 15) is 4.79 Å². The fourth-order valence-corrected chi connectivity index (χ4v) is 3.81. The summed E-state index contributed by atoms with van der Waals surface area (Å²) >= 11 is 0. The maximum absolute atomic E-state index is 13.3. The highest BCUT2D eigenvalue weighted by Gasteiger charge is 2.39. The molecule has 2 aliphatic rings. The van der Waals surface area contributed by atoms with E-state index in [2.05, 4.69) is 25.1 Å². The van der Waals surface area contributed by atoms with E-state index in [0.29, 0.717) is 30.6 Å². The fourth-order valence-electron chi connectivity index (χ4n) is 3.81. The molecule has 1 N–H and O–H groups in total. The fraction of sp³-hybridized carbons (Fsp3) is 0.300. The Labute approximate surface area is 165 Å². The number of hydrogen-bond acceptors (Lipinski definition) is 7. The van der Waals surface area contributed by atoms with Gasteiger partial charge in [0.25, 0.3) is 0 Å². The first-order valence-corrected chi connectivity index (χ1v) is 9.66. The van der Waals surface area contributed by atoms with Crippen molar-refractivity contribution < 1.29 is 9.21 Å². The van der Waals surface area contributed by atoms with Gasteiger partial charge in [0.05, 0.1) is 17.5 Å². The van der Waals surface area contributed by atoms with E-state index in [1.165, 1.54) is 0 Å². The average Bonchev–Trinajstić information content (AvgIpc) is 3.29. The summed E-state index contributed by atoms with van der Waals surface area (Å²) in [6, 6.07) is 7.25. The number of imidazole rings is 1. The third-order valence-corrected chi connectivity index (χ3v) is 5.49. The van der Waals surface area contributed by atoms with Crippen LogP contribution in [0.3, 0.4) is 0 Å². The van der Waals surface area contributed by atoms with Crippen molar-refractivity contribution in [2.75, 3.05) is 6.54 Å². The highest BCUT2D eigenvalue weighted by molar-refractivity contribution is 5.90. The number of hydrogen-bond donors (Lipinski definition) is 1. The summed E-state index contributed by atoms with van der Waals surface area (Å²) in [5.41, 5.74) is 2.56. The zero-order valence-electron chi connectivity index (χ0n) is 15.4. The van der Waals surface area contributed by atoms with Crippen molar-refractivity contribution in [3.8, 4) is 0 Å². The molecular formula is C20H17N7O2. The van der Waals surface area contributed by atoms with Gasteiger partial charge in [0.1, 0.15) is 6.04 Å². The highest BCUT2D eigenvalue weighted by atomic mass is 16.4. The van der Waals surface area contributed by atoms with Crippen molar-refractivity contribution in [2.24, 2.45) is 0 Å². The number of aromatic nitrogens is 6. The zero-order valence-corrected chi connectivity index (χ0v) is 15.4. The number of nitrogens with one attached hydrogen (secondary N) is 1. The van der Waals surface area contributed by atoms with Gasteiger partial charge >= 0.3 is 11.8 Å². The lowest BCUT2D eigenvalue weighted by Crippen LogP contribution is -2.41. The second-order valence-electron chi connectivity index (χ2n) is 7.42. The van der Waals surface area contributed by atoms with Crippen molar-refractivity contribution in [1.82, 2.24) is 35.0 Å². The van der Waals surface area contributed by atoms with Gasteiger partial charge in [-0.25, -0.2) is 15.0 Å². The Bertz CT molecular complexity index is 1230. The molecule has 29 heavy (non-hydrogen) atoms. The maximum atomic E-state index is 13.3. The molecule has 1 aliphatic heterocycles. The molecule has 1 fully saturated rings. The summed E-state index contributed by atoms with van der Waals surface area (Å²) < 4.78 is 5.66. The Kier molecular flexibility index (Phi) is 3.49. The molecule has 1 saturated carbocycles. The van der Waals surface area contributed by atoms with E-state index in [1.807, 2.05) is 24.3 Å². The third-order valence-electron chi connectivity index (χ3n) is 5.49. The lowest BCUT2D eigenvalue weighted by atomic mass is 10.0. The topological polar surface area (TPSA) is 114 Å². The number of rotatable bonds is 3. The number of para-hydroxylation sites is 1. The molecule has 3 aromatic heterocycles. The van der Waals surface area contributed by atoms with Crippen LogP contribution in [0.25, 0.3) is 10.9 Å². The summed E-state index contributed by atoms with van der Waals surface area (Å²) in [6.45, 7) is 0.482. The van der Waals surface area contributed by atoms with Crippen LogP contribution in [0.15, 0.2) is 41.2 Å². The van der Waals surface area contributed by atoms with Gasteiger partial charge in [-0.1, -0.05) is 18.2 Å². The highest BCUT2D eigenvalue weighted by Crippen LogP contribution is 2.39. The predicted octanol–water partition coefficient (Wildman–Crippen LogP) is 2.40. The first kappa shape index (κ1) is 16.3. The van der Waals surface area contributed by atoms with E-state index < -0.39 is 6.04 Å². The summed E-state index contributed by atoms with van der Waals surface area (Å²) in [5, 5.41) is 8.99. The minimum absolute atomic E-state index is 0.0108. The molecule has 0 bridgehead atoms. The molecule has 0 saturated heterocycles. The third kappa shape index (κ3) is 2.69. The molecule has 9 nitrogen and oxygen atoms in total. The molecule has 0 radical (unpaired) electrons. The molecule has 144 valence electrons. The molecule has 1 amide bonds. The molecule has 1 aliphatic carbocycles. The largest absolute Gasteiger partial charge is 0.417 e. The molecule has 1 atom stereocenters. The summed E-state index contributed by atoms with van der Waals surface area (Å²) in [5.74, 6) is 1.05. The first-order valence-electron chi connectivity index (χ1n) is 9.66. The number of nitrogens with zero attached hydrogens (tertiary/aromatic N) is 6. The molecule has 4 heterocycles. The lowest BCUT2D eigenvalue weighted by Gasteiger charge is -2.32. The van der Waals surface area contributed by atoms with Gasteiger partial charge in [0.15, 0.2) is 5.82 Å². The van der Waals surface area contributed by atoms with Gasteiger partial charge in [-0.3, -0.25) is 4.79 Å². The van der Waals surface area contributed by atoms with E-state index in [1.54, 1.807) is 17.4 Å². The van der Waals surface area contributed by atoms with Crippen LogP contribution in [0.5, 0.6) is 0 Å². The van der Waals surface area contributed by atoms with Crippen molar-refractivity contribution in [3.63, 3.8) is 0 Å². The minimum atomic E-state index is -0.515. The van der Waals surface area contributed by atoms with Gasteiger partial charge in [0, 0.05) is 36.2 Å². The van der Waals surface area contributed by atoms with Gasteiger partial charge < -0.3 is 14.3 Å². The number of fused-ring (bicyclic) bond motifs is 2. The van der Waals surface area contributed by atoms with Gasteiger partial charge in [-0.2, -0.15) is 0 Å². The average molecular weight is 387 g/mol. The molecule has 0 spiro atoms. The van der Waals surface area contributed by atoms with Crippen LogP contribution in [-0.4, -0.2) is 47.5 Å². The van der Waals surface area contributed by atoms with E-state index >= 15 is 0 Å². The minimum Gasteiger partial charge on any atom is -0.417 e. The van der Waals surface area contributed by atoms with Crippen LogP contribution in [0.2, 0.25) is 0 Å². The SMILES string of the molecule is O=C(c1nnc(C2CC2)o1)N1CCc2[nH]cnc2[C@H]1c1ncc2ccccc2n1. The van der Waals surface area contributed by atoms with Crippen LogP contribution in [0.4, 0.5) is 0 Å². The van der Waals surface area contributed by atoms with Crippen LogP contribution in [0.1, 0.15) is 58.6 Å². The van der Waals surface area contributed by atoms with Crippen molar-refractivity contribution in [3.05, 3.63) is 65.8 Å². The Balaban J connectivity index is 1.43. The Hall–Kier alpha value is -3.62. The second kappa shape index (κ2) is 6.20. The van der Waals surface area contributed by atoms with E-state index in [-0.39, 0.29) is 11.8 Å². The first-order chi connectivity index (χ1) is 14.3. The monoisotopic (exact) mass is 387 g/mol. The summed E-state index contributed by atoms with van der Waals surface area (Å²) in [4.78, 5) is 31.9. The van der Waals surface area contributed by atoms with Crippen LogP contribution >= 0.6 is 0 Å². The standard InChI is InChI=1S/C20H17N7O2/c28-20(19-26-25-18(29-19)11-5-6-11)27-8-7-14-15(23-10-22-14)16(27)17-21-9-12-3-1-2-4-13(12)24-17/h1-4,9-11,16H,5-8H2,(H,22,23)/t16-/m0/s1. The lowest BCUT2D eigenvalue weighted by molar-refractivity contribution is 0.0640. The normalized spacial score (nSPS) is 18.8. The molecule has 4 aromatic rings. The second-order valence-corrected chi connectivity index (χ2v) is 7.42. The summed E-state index contributed by atoms with van der Waals surface area (Å²) in [6.07, 6.45) is 6.14. The number of benzene rings is 1. The maximum Gasteiger partial charge on any atom is 0.312 e. The van der Waals surface area contributed by atoms with E-state index in [0.717, 1.165) is 35.1 Å². The van der Waals surface area contributed by atoms with Gasteiger partial charge in [-0.05, 0) is 18.9 Å². The molecule has 1 aromatic carbocycles. The Morgan fingerprint density at radius 1 is 1.17 bits per heavy atom. The zero-order chi connectivity index (χ0) is 19.4. The van der Waals surface area contributed by atoms with Crippen LogP contribution in [0, 0.1) is 0 Å². The van der Waals surface area contributed by atoms with Crippen molar-refractivity contribution in [2.45, 2.75) is 31.2 Å². The van der Waals surface area contributed by atoms with Crippen molar-refractivity contribution >= 4 is 16.8 Å². The number of aromatic amines is 1. The molecule has 0 unspecified atom stereocenters. The van der Waals surface area contributed by atoms with Gasteiger partial charge in [-0.15, -0.1) is 10.2 Å². The summed E-state index contributed by atoms with van der Waals surface area (Å²) in [7, 11) is 0. The molecule has 9 heteroatoms. The Morgan fingerprint density at radius 3 is 2.97 bits per heavy atom. The number of carbonyl (C=O) groups excluding carboxylic acids is 1. The quantitative estimate of drug-likeness (QED) is 0.574. The Morgan fingerprint density at radius 2 is 2.07 bits per heavy atom. The van der Waals surface area contributed by atoms with Crippen LogP contribution < -0.4 is 0 Å². The smallest absolute Gasteiger partial charge is 0.312 e. The number of H-pyrrole nitrogens is 1. The van der Waals surface area contributed by atoms with Gasteiger partial charge in [0.2, 0.25) is 5.89 Å². The van der Waals surface area contributed by atoms with Crippen LogP contribution in [-0.2, 0) is 6.42 Å². The molecular weight excluding hydrogens is 370 g/mol.